The Morgan fingerprint density at radius 1 is 1.28 bits per heavy atom. The molecule has 3 rings (SSSR count). The van der Waals surface area contributed by atoms with Gasteiger partial charge in [0.05, 0.1) is 0 Å². The number of carbonyl (C=O) groups excluding carboxylic acids is 3. The quantitative estimate of drug-likeness (QED) is 0.702. The summed E-state index contributed by atoms with van der Waals surface area (Å²) >= 11 is 0. The Morgan fingerprint density at radius 2 is 1.90 bits per heavy atom. The van der Waals surface area contributed by atoms with Crippen LogP contribution in [0.25, 0.3) is 0 Å². The van der Waals surface area contributed by atoms with Crippen LogP contribution in [0.4, 0.5) is 18.0 Å². The number of halogens is 3. The van der Waals surface area contributed by atoms with Crippen molar-refractivity contribution in [3.8, 4) is 0 Å². The standard InChI is InChI=1S/C20H24F3N3O3/c1-3-19(15-7-5-4-6-8-15)17(28)25(18(29)24-19)11-16(27)26(12-20(21,22)23)13(2)14-9-10-14/h4-8,13-14H,3,9-12H2,1-2H3,(H,24,29)/t13-,19+/m1/s1. The molecule has 6 nitrogen and oxygen atoms in total. The highest BCUT2D eigenvalue weighted by molar-refractivity contribution is 6.09. The molecule has 2 fully saturated rings. The molecule has 0 radical (unpaired) electrons. The number of imide groups is 1. The maximum atomic E-state index is 13.1. The van der Waals surface area contributed by atoms with Gasteiger partial charge in [-0.3, -0.25) is 14.5 Å². The van der Waals surface area contributed by atoms with Crippen LogP contribution < -0.4 is 5.32 Å². The average Bonchev–Trinajstić information content (AvgIpc) is 3.49. The van der Waals surface area contributed by atoms with E-state index in [1.165, 1.54) is 0 Å². The van der Waals surface area contributed by atoms with Crippen molar-refractivity contribution in [2.24, 2.45) is 5.92 Å². The Balaban J connectivity index is 1.81. The molecule has 2 aliphatic rings. The SMILES string of the molecule is CC[C@@]1(c2ccccc2)NC(=O)N(CC(=O)N(CC(F)(F)F)[C@H](C)C2CC2)C1=O. The molecule has 0 bridgehead atoms. The van der Waals surface area contributed by atoms with E-state index in [4.69, 9.17) is 0 Å². The summed E-state index contributed by atoms with van der Waals surface area (Å²) in [7, 11) is 0. The Hall–Kier alpha value is -2.58. The predicted octanol–water partition coefficient (Wildman–Crippen LogP) is 3.03. The third-order valence-corrected chi connectivity index (χ3v) is 5.73. The van der Waals surface area contributed by atoms with Crippen LogP contribution in [0.3, 0.4) is 0 Å². The molecule has 1 aromatic rings. The topological polar surface area (TPSA) is 69.7 Å². The van der Waals surface area contributed by atoms with E-state index in [0.29, 0.717) is 5.56 Å². The third kappa shape index (κ3) is 4.23. The minimum Gasteiger partial charge on any atom is -0.329 e. The molecule has 1 saturated carbocycles. The smallest absolute Gasteiger partial charge is 0.329 e. The summed E-state index contributed by atoms with van der Waals surface area (Å²) in [4.78, 5) is 39.8. The van der Waals surface area contributed by atoms with Crippen molar-refractivity contribution >= 4 is 17.8 Å². The van der Waals surface area contributed by atoms with Crippen molar-refractivity contribution in [2.45, 2.75) is 50.9 Å². The van der Waals surface area contributed by atoms with E-state index in [9.17, 15) is 27.6 Å². The van der Waals surface area contributed by atoms with Gasteiger partial charge in [-0.1, -0.05) is 37.3 Å². The fourth-order valence-corrected chi connectivity index (χ4v) is 3.84. The predicted molar refractivity (Wildman–Crippen MR) is 98.6 cm³/mol. The maximum absolute atomic E-state index is 13.1. The monoisotopic (exact) mass is 411 g/mol. The van der Waals surface area contributed by atoms with Gasteiger partial charge in [-0.2, -0.15) is 13.2 Å². The molecule has 9 heteroatoms. The summed E-state index contributed by atoms with van der Waals surface area (Å²) in [6.45, 7) is 1.19. The Labute approximate surface area is 167 Å². The lowest BCUT2D eigenvalue weighted by atomic mass is 9.87. The minimum absolute atomic E-state index is 0.0171. The van der Waals surface area contributed by atoms with Crippen LogP contribution in [0, 0.1) is 5.92 Å². The van der Waals surface area contributed by atoms with Crippen molar-refractivity contribution < 1.29 is 27.6 Å². The van der Waals surface area contributed by atoms with Gasteiger partial charge in [0.15, 0.2) is 0 Å². The van der Waals surface area contributed by atoms with Crippen LogP contribution in [0.2, 0.25) is 0 Å². The first-order valence-electron chi connectivity index (χ1n) is 9.65. The molecule has 2 atom stereocenters. The average molecular weight is 411 g/mol. The summed E-state index contributed by atoms with van der Waals surface area (Å²) in [6, 6.07) is 7.22. The summed E-state index contributed by atoms with van der Waals surface area (Å²) in [5.41, 5.74) is -0.760. The van der Waals surface area contributed by atoms with Crippen molar-refractivity contribution in [3.05, 3.63) is 35.9 Å². The molecule has 1 aliphatic carbocycles. The highest BCUT2D eigenvalue weighted by Gasteiger charge is 2.52. The number of nitrogens with zero attached hydrogens (tertiary/aromatic N) is 2. The van der Waals surface area contributed by atoms with Gasteiger partial charge in [0.25, 0.3) is 5.91 Å². The maximum Gasteiger partial charge on any atom is 0.406 e. The van der Waals surface area contributed by atoms with Gasteiger partial charge in [0.1, 0.15) is 18.6 Å². The zero-order chi connectivity index (χ0) is 21.4. The van der Waals surface area contributed by atoms with Crippen LogP contribution >= 0.6 is 0 Å². The molecule has 1 saturated heterocycles. The second-order valence-electron chi connectivity index (χ2n) is 7.66. The number of hydrogen-bond donors (Lipinski definition) is 1. The molecule has 0 spiro atoms. The fraction of sp³-hybridized carbons (Fsp3) is 0.550. The zero-order valence-electron chi connectivity index (χ0n) is 16.3. The number of benzene rings is 1. The lowest BCUT2D eigenvalue weighted by Crippen LogP contribution is -2.50. The van der Waals surface area contributed by atoms with Crippen LogP contribution in [0.5, 0.6) is 0 Å². The number of rotatable bonds is 7. The van der Waals surface area contributed by atoms with E-state index in [-0.39, 0.29) is 12.3 Å². The van der Waals surface area contributed by atoms with Gasteiger partial charge < -0.3 is 10.2 Å². The second-order valence-corrected chi connectivity index (χ2v) is 7.66. The second kappa shape index (κ2) is 7.68. The number of amides is 4. The van der Waals surface area contributed by atoms with Gasteiger partial charge >= 0.3 is 12.2 Å². The van der Waals surface area contributed by atoms with E-state index in [1.807, 2.05) is 0 Å². The lowest BCUT2D eigenvalue weighted by Gasteiger charge is -2.31. The minimum atomic E-state index is -4.56. The molecule has 4 amide bonds. The lowest BCUT2D eigenvalue weighted by molar-refractivity contribution is -0.166. The fourth-order valence-electron chi connectivity index (χ4n) is 3.84. The van der Waals surface area contributed by atoms with Gasteiger partial charge in [-0.05, 0) is 37.7 Å². The van der Waals surface area contributed by atoms with E-state index >= 15 is 0 Å². The molecule has 1 aliphatic heterocycles. The van der Waals surface area contributed by atoms with E-state index < -0.39 is 48.7 Å². The van der Waals surface area contributed by atoms with Gasteiger partial charge in [-0.25, -0.2) is 4.79 Å². The number of carbonyl (C=O) groups is 3. The van der Waals surface area contributed by atoms with Crippen LogP contribution in [-0.2, 0) is 15.1 Å². The summed E-state index contributed by atoms with van der Waals surface area (Å²) in [5.74, 6) is -1.50. The number of alkyl halides is 3. The van der Waals surface area contributed by atoms with E-state index in [1.54, 1.807) is 44.2 Å². The van der Waals surface area contributed by atoms with Crippen LogP contribution in [0.15, 0.2) is 30.3 Å². The van der Waals surface area contributed by atoms with Crippen LogP contribution in [-0.4, -0.2) is 53.0 Å². The molecular formula is C20H24F3N3O3. The molecular weight excluding hydrogens is 387 g/mol. The normalized spacial score (nSPS) is 23.1. The summed E-state index contributed by atoms with van der Waals surface area (Å²) < 4.78 is 39.1. The first-order valence-corrected chi connectivity index (χ1v) is 9.65. The number of hydrogen-bond acceptors (Lipinski definition) is 3. The Kier molecular flexibility index (Phi) is 5.60. The molecule has 29 heavy (non-hydrogen) atoms. The van der Waals surface area contributed by atoms with E-state index in [0.717, 1.165) is 22.6 Å². The van der Waals surface area contributed by atoms with Crippen molar-refractivity contribution in [2.75, 3.05) is 13.1 Å². The number of urea groups is 1. The largest absolute Gasteiger partial charge is 0.406 e. The number of nitrogens with one attached hydrogen (secondary N) is 1. The van der Waals surface area contributed by atoms with Crippen molar-refractivity contribution in [3.63, 3.8) is 0 Å². The summed E-state index contributed by atoms with van der Waals surface area (Å²) in [5, 5.41) is 2.63. The van der Waals surface area contributed by atoms with Gasteiger partial charge in [-0.15, -0.1) is 0 Å². The van der Waals surface area contributed by atoms with Gasteiger partial charge in [0, 0.05) is 6.04 Å². The third-order valence-electron chi connectivity index (χ3n) is 5.73. The zero-order valence-corrected chi connectivity index (χ0v) is 16.3. The summed E-state index contributed by atoms with van der Waals surface area (Å²) in [6.07, 6.45) is -2.79. The Bertz CT molecular complexity index is 795. The Morgan fingerprint density at radius 3 is 2.41 bits per heavy atom. The van der Waals surface area contributed by atoms with E-state index in [2.05, 4.69) is 5.32 Å². The van der Waals surface area contributed by atoms with Crippen LogP contribution in [0.1, 0.15) is 38.7 Å². The molecule has 0 unspecified atom stereocenters. The van der Waals surface area contributed by atoms with Crippen molar-refractivity contribution in [1.29, 1.82) is 0 Å². The molecule has 0 aromatic heterocycles. The van der Waals surface area contributed by atoms with Gasteiger partial charge in [0.2, 0.25) is 5.91 Å². The highest BCUT2D eigenvalue weighted by Crippen LogP contribution is 2.37. The molecule has 1 aromatic carbocycles. The molecule has 158 valence electrons. The van der Waals surface area contributed by atoms with Crippen molar-refractivity contribution in [1.82, 2.24) is 15.1 Å². The first-order chi connectivity index (χ1) is 13.6. The molecule has 1 N–H and O–H groups in total. The molecule has 1 heterocycles. The highest BCUT2D eigenvalue weighted by atomic mass is 19.4. The first kappa shape index (κ1) is 21.1.